The summed E-state index contributed by atoms with van der Waals surface area (Å²) in [4.78, 5) is 28.3. The summed E-state index contributed by atoms with van der Waals surface area (Å²) in [6, 6.07) is 14.4. The molecule has 5 rings (SSSR count). The summed E-state index contributed by atoms with van der Waals surface area (Å²) in [7, 11) is 0. The maximum absolute atomic E-state index is 13.3. The number of fused-ring (bicyclic) bond motifs is 2. The predicted molar refractivity (Wildman–Crippen MR) is 147 cm³/mol. The number of benzene rings is 2. The van der Waals surface area contributed by atoms with Gasteiger partial charge < -0.3 is 20.1 Å². The van der Waals surface area contributed by atoms with Crippen LogP contribution in [0, 0.1) is 5.41 Å². The van der Waals surface area contributed by atoms with Crippen molar-refractivity contribution < 1.29 is 19.1 Å². The predicted octanol–water partition coefficient (Wildman–Crippen LogP) is 4.02. The Morgan fingerprint density at radius 2 is 1.89 bits per heavy atom. The number of likely N-dealkylation sites (tertiary alicyclic amines) is 1. The van der Waals surface area contributed by atoms with E-state index in [0.717, 1.165) is 81.5 Å². The maximum Gasteiger partial charge on any atom is 0.234 e. The van der Waals surface area contributed by atoms with Gasteiger partial charge in [-0.3, -0.25) is 14.5 Å². The first-order valence-electron chi connectivity index (χ1n) is 14.3. The highest BCUT2D eigenvalue weighted by Gasteiger charge is 2.40. The lowest BCUT2D eigenvalue weighted by Gasteiger charge is -2.40. The molecule has 2 aromatic rings. The van der Waals surface area contributed by atoms with Gasteiger partial charge in [-0.05, 0) is 87.4 Å². The fraction of sp³-hybridized carbons (Fsp3) is 0.548. The zero-order valence-corrected chi connectivity index (χ0v) is 22.6. The molecule has 0 aromatic heterocycles. The quantitative estimate of drug-likeness (QED) is 0.638. The fourth-order valence-corrected chi connectivity index (χ4v) is 6.05. The number of amides is 2. The van der Waals surface area contributed by atoms with Crippen LogP contribution in [0.15, 0.2) is 42.5 Å². The summed E-state index contributed by atoms with van der Waals surface area (Å²) < 4.78 is 11.8. The van der Waals surface area contributed by atoms with Crippen molar-refractivity contribution in [3.63, 3.8) is 0 Å². The standard InChI is InChI=1S/C31H41N3O4/c1-23-19-26-20-24(10-11-28(26)38-23)21-33-29(35)22-34-16-13-31(14-17-34)12-5-4-8-25-7-2-3-9-27(25)37-18-6-15-32-30(31)36/h2-3,7,9-11,20,23H,4-6,8,12-19,21-22H2,1H3,(H,32,36)(H,33,35). The minimum Gasteiger partial charge on any atom is -0.493 e. The van der Waals surface area contributed by atoms with Crippen molar-refractivity contribution in [2.45, 2.75) is 70.9 Å². The molecular weight excluding hydrogens is 478 g/mol. The fourth-order valence-electron chi connectivity index (χ4n) is 6.05. The van der Waals surface area contributed by atoms with Crippen molar-refractivity contribution in [3.05, 3.63) is 59.2 Å². The van der Waals surface area contributed by atoms with Gasteiger partial charge in [0, 0.05) is 19.5 Å². The Bertz CT molecular complexity index is 1130. The molecule has 7 heteroatoms. The van der Waals surface area contributed by atoms with E-state index in [2.05, 4.69) is 40.7 Å². The number of piperidine rings is 1. The lowest BCUT2D eigenvalue weighted by molar-refractivity contribution is -0.135. The molecule has 1 atom stereocenters. The molecule has 1 saturated heterocycles. The van der Waals surface area contributed by atoms with E-state index in [4.69, 9.17) is 9.47 Å². The molecule has 0 radical (unpaired) electrons. The molecule has 2 N–H and O–H groups in total. The second-order valence-electron chi connectivity index (χ2n) is 11.2. The van der Waals surface area contributed by atoms with Crippen LogP contribution in [0.3, 0.4) is 0 Å². The molecule has 0 aliphatic carbocycles. The molecular formula is C31H41N3O4. The van der Waals surface area contributed by atoms with Crippen LogP contribution < -0.4 is 20.1 Å². The highest BCUT2D eigenvalue weighted by molar-refractivity contribution is 5.83. The Balaban J connectivity index is 1.11. The Kier molecular flexibility index (Phi) is 8.52. The zero-order valence-electron chi connectivity index (χ0n) is 22.6. The van der Waals surface area contributed by atoms with Crippen LogP contribution in [0.2, 0.25) is 0 Å². The first kappa shape index (κ1) is 26.5. The number of para-hydroxylation sites is 1. The Morgan fingerprint density at radius 1 is 1.05 bits per heavy atom. The Labute approximate surface area is 226 Å². The van der Waals surface area contributed by atoms with Gasteiger partial charge in [-0.25, -0.2) is 0 Å². The molecule has 3 aliphatic rings. The monoisotopic (exact) mass is 519 g/mol. The molecule has 1 unspecified atom stereocenters. The normalized spacial score (nSPS) is 21.9. The lowest BCUT2D eigenvalue weighted by atomic mass is 9.73. The molecule has 38 heavy (non-hydrogen) atoms. The maximum atomic E-state index is 13.3. The summed E-state index contributed by atoms with van der Waals surface area (Å²) in [6.07, 6.45) is 7.42. The number of nitrogens with zero attached hydrogens (tertiary/aromatic N) is 1. The van der Waals surface area contributed by atoms with Crippen LogP contribution in [-0.2, 0) is 29.0 Å². The van der Waals surface area contributed by atoms with Crippen LogP contribution in [0.4, 0.5) is 0 Å². The molecule has 0 saturated carbocycles. The third-order valence-electron chi connectivity index (χ3n) is 8.30. The molecule has 1 fully saturated rings. The van der Waals surface area contributed by atoms with Crippen LogP contribution >= 0.6 is 0 Å². The number of carbonyl (C=O) groups excluding carboxylic acids is 2. The summed E-state index contributed by atoms with van der Waals surface area (Å²) in [6.45, 7) is 5.73. The second kappa shape index (κ2) is 12.2. The van der Waals surface area contributed by atoms with E-state index >= 15 is 0 Å². The van der Waals surface area contributed by atoms with E-state index in [0.29, 0.717) is 26.2 Å². The van der Waals surface area contributed by atoms with Crippen molar-refractivity contribution in [2.24, 2.45) is 5.41 Å². The first-order valence-corrected chi connectivity index (χ1v) is 14.3. The molecule has 7 nitrogen and oxygen atoms in total. The third kappa shape index (κ3) is 6.49. The van der Waals surface area contributed by atoms with Gasteiger partial charge in [-0.1, -0.05) is 36.8 Å². The van der Waals surface area contributed by atoms with Gasteiger partial charge in [0.2, 0.25) is 11.8 Å². The largest absolute Gasteiger partial charge is 0.493 e. The van der Waals surface area contributed by atoms with Crippen molar-refractivity contribution in [3.8, 4) is 11.5 Å². The Hall–Kier alpha value is -3.06. The second-order valence-corrected chi connectivity index (χ2v) is 11.2. The van der Waals surface area contributed by atoms with E-state index < -0.39 is 0 Å². The molecule has 3 aliphatic heterocycles. The summed E-state index contributed by atoms with van der Waals surface area (Å²) in [5, 5.41) is 6.27. The van der Waals surface area contributed by atoms with E-state index in [9.17, 15) is 9.59 Å². The third-order valence-corrected chi connectivity index (χ3v) is 8.30. The number of aryl methyl sites for hydroxylation is 1. The number of hydrogen-bond donors (Lipinski definition) is 2. The number of rotatable bonds is 4. The number of carbonyl (C=O) groups is 2. The average molecular weight is 520 g/mol. The van der Waals surface area contributed by atoms with E-state index in [1.54, 1.807) is 0 Å². The van der Waals surface area contributed by atoms with Crippen LogP contribution in [0.1, 0.15) is 62.1 Å². The van der Waals surface area contributed by atoms with Gasteiger partial charge in [0.05, 0.1) is 18.6 Å². The topological polar surface area (TPSA) is 79.9 Å². The highest BCUT2D eigenvalue weighted by Crippen LogP contribution is 2.37. The summed E-state index contributed by atoms with van der Waals surface area (Å²) in [5.74, 6) is 2.14. The minimum atomic E-state index is -0.342. The van der Waals surface area contributed by atoms with Gasteiger partial charge in [-0.15, -0.1) is 0 Å². The van der Waals surface area contributed by atoms with Gasteiger partial charge in [0.15, 0.2) is 0 Å². The van der Waals surface area contributed by atoms with Gasteiger partial charge in [0.1, 0.15) is 17.6 Å². The van der Waals surface area contributed by atoms with Crippen molar-refractivity contribution in [1.82, 2.24) is 15.5 Å². The van der Waals surface area contributed by atoms with Crippen LogP contribution in [-0.4, -0.2) is 55.6 Å². The number of hydrogen-bond acceptors (Lipinski definition) is 5. The van der Waals surface area contributed by atoms with Gasteiger partial charge in [-0.2, -0.15) is 0 Å². The van der Waals surface area contributed by atoms with Gasteiger partial charge in [0.25, 0.3) is 0 Å². The zero-order chi connectivity index (χ0) is 26.4. The smallest absolute Gasteiger partial charge is 0.234 e. The molecule has 2 aromatic carbocycles. The minimum absolute atomic E-state index is 0.0316. The molecule has 0 bridgehead atoms. The van der Waals surface area contributed by atoms with Crippen molar-refractivity contribution >= 4 is 11.8 Å². The van der Waals surface area contributed by atoms with Crippen LogP contribution in [0.25, 0.3) is 0 Å². The van der Waals surface area contributed by atoms with Crippen LogP contribution in [0.5, 0.6) is 11.5 Å². The van der Waals surface area contributed by atoms with E-state index in [1.807, 2.05) is 24.3 Å². The number of nitrogens with one attached hydrogen (secondary N) is 2. The van der Waals surface area contributed by atoms with Crippen molar-refractivity contribution in [2.75, 3.05) is 32.8 Å². The average Bonchev–Trinajstić information content (AvgIpc) is 3.30. The molecule has 1 spiro atoms. The first-order chi connectivity index (χ1) is 18.5. The molecule has 3 heterocycles. The van der Waals surface area contributed by atoms with Gasteiger partial charge >= 0.3 is 0 Å². The number of ether oxygens (including phenoxy) is 2. The SMILES string of the molecule is CC1Cc2cc(CNC(=O)CN3CCC4(CCCCc5ccccc5OCCCNC4=O)CC3)ccc2O1. The summed E-state index contributed by atoms with van der Waals surface area (Å²) >= 11 is 0. The van der Waals surface area contributed by atoms with E-state index in [1.165, 1.54) is 11.1 Å². The highest BCUT2D eigenvalue weighted by atomic mass is 16.5. The molecule has 204 valence electrons. The lowest BCUT2D eigenvalue weighted by Crippen LogP contribution is -2.50. The molecule has 2 amide bonds. The van der Waals surface area contributed by atoms with Crippen molar-refractivity contribution in [1.29, 1.82) is 0 Å². The summed E-state index contributed by atoms with van der Waals surface area (Å²) in [5.41, 5.74) is 3.23. The van der Waals surface area contributed by atoms with E-state index in [-0.39, 0.29) is 23.3 Å². The Morgan fingerprint density at radius 3 is 2.76 bits per heavy atom.